The standard InChI is InChI=1S/C14H16ClFN2O/c1-2-18-9-10(8-17-18)6-11(19)7-12-13(15)4-3-5-14(12)16/h3-5,8-9,11,19H,2,6-7H2,1H3. The van der Waals surface area contributed by atoms with Crippen molar-refractivity contribution in [1.82, 2.24) is 9.78 Å². The number of hydrogen-bond donors (Lipinski definition) is 1. The molecule has 1 N–H and O–H groups in total. The molecule has 0 aliphatic heterocycles. The molecule has 2 aromatic rings. The van der Waals surface area contributed by atoms with Crippen LogP contribution in [-0.2, 0) is 19.4 Å². The summed E-state index contributed by atoms with van der Waals surface area (Å²) in [4.78, 5) is 0. The summed E-state index contributed by atoms with van der Waals surface area (Å²) in [5, 5.41) is 14.5. The maximum Gasteiger partial charge on any atom is 0.127 e. The molecule has 102 valence electrons. The number of aryl methyl sites for hydroxylation is 1. The number of aromatic nitrogens is 2. The Morgan fingerprint density at radius 1 is 1.42 bits per heavy atom. The van der Waals surface area contributed by atoms with Crippen LogP contribution in [0.25, 0.3) is 0 Å². The zero-order valence-corrected chi connectivity index (χ0v) is 11.4. The first-order valence-corrected chi connectivity index (χ1v) is 6.60. The Labute approximate surface area is 116 Å². The van der Waals surface area contributed by atoms with Gasteiger partial charge in [-0.25, -0.2) is 4.39 Å². The molecule has 0 saturated carbocycles. The van der Waals surface area contributed by atoms with Gasteiger partial charge in [0.05, 0.1) is 12.3 Å². The fraction of sp³-hybridized carbons (Fsp3) is 0.357. The zero-order chi connectivity index (χ0) is 13.8. The van der Waals surface area contributed by atoms with E-state index in [9.17, 15) is 9.50 Å². The number of aliphatic hydroxyl groups is 1. The summed E-state index contributed by atoms with van der Waals surface area (Å²) in [5.41, 5.74) is 1.29. The molecule has 2 rings (SSSR count). The van der Waals surface area contributed by atoms with Crippen LogP contribution < -0.4 is 0 Å². The van der Waals surface area contributed by atoms with Gasteiger partial charge < -0.3 is 5.11 Å². The molecule has 0 spiro atoms. The van der Waals surface area contributed by atoms with Crippen LogP contribution in [0, 0.1) is 5.82 Å². The number of hydrogen-bond acceptors (Lipinski definition) is 2. The van der Waals surface area contributed by atoms with E-state index in [-0.39, 0.29) is 12.2 Å². The van der Waals surface area contributed by atoms with Crippen molar-refractivity contribution < 1.29 is 9.50 Å². The van der Waals surface area contributed by atoms with Gasteiger partial charge in [-0.05, 0) is 24.6 Å². The van der Waals surface area contributed by atoms with Gasteiger partial charge in [0, 0.05) is 36.2 Å². The monoisotopic (exact) mass is 282 g/mol. The lowest BCUT2D eigenvalue weighted by Gasteiger charge is -2.11. The van der Waals surface area contributed by atoms with E-state index in [4.69, 9.17) is 11.6 Å². The van der Waals surface area contributed by atoms with E-state index in [1.165, 1.54) is 6.07 Å². The molecule has 1 atom stereocenters. The number of benzene rings is 1. The Morgan fingerprint density at radius 3 is 2.84 bits per heavy atom. The van der Waals surface area contributed by atoms with Crippen molar-refractivity contribution in [2.45, 2.75) is 32.4 Å². The van der Waals surface area contributed by atoms with Crippen molar-refractivity contribution in [2.24, 2.45) is 0 Å². The molecule has 1 heterocycles. The van der Waals surface area contributed by atoms with Gasteiger partial charge in [-0.1, -0.05) is 17.7 Å². The average molecular weight is 283 g/mol. The van der Waals surface area contributed by atoms with Gasteiger partial charge >= 0.3 is 0 Å². The molecule has 19 heavy (non-hydrogen) atoms. The summed E-state index contributed by atoms with van der Waals surface area (Å²) in [6, 6.07) is 4.53. The maximum atomic E-state index is 13.6. The van der Waals surface area contributed by atoms with E-state index in [0.717, 1.165) is 12.1 Å². The smallest absolute Gasteiger partial charge is 0.127 e. The SMILES string of the molecule is CCn1cc(CC(O)Cc2c(F)cccc2Cl)cn1. The molecule has 0 fully saturated rings. The second kappa shape index (κ2) is 6.17. The van der Waals surface area contributed by atoms with Crippen LogP contribution in [0.1, 0.15) is 18.1 Å². The van der Waals surface area contributed by atoms with Crippen LogP contribution in [0.5, 0.6) is 0 Å². The lowest BCUT2D eigenvalue weighted by atomic mass is 10.0. The summed E-state index contributed by atoms with van der Waals surface area (Å²) in [6.07, 6.45) is 3.55. The first-order valence-electron chi connectivity index (χ1n) is 6.22. The second-order valence-corrected chi connectivity index (χ2v) is 4.87. The molecule has 0 aliphatic carbocycles. The number of halogens is 2. The molecule has 1 aromatic heterocycles. The van der Waals surface area contributed by atoms with E-state index >= 15 is 0 Å². The summed E-state index contributed by atoms with van der Waals surface area (Å²) in [6.45, 7) is 2.78. The minimum atomic E-state index is -0.677. The fourth-order valence-corrected chi connectivity index (χ4v) is 2.23. The Hall–Kier alpha value is -1.39. The van der Waals surface area contributed by atoms with Crippen LogP contribution in [0.3, 0.4) is 0 Å². The average Bonchev–Trinajstić information content (AvgIpc) is 2.81. The Morgan fingerprint density at radius 2 is 2.21 bits per heavy atom. The van der Waals surface area contributed by atoms with Crippen molar-refractivity contribution >= 4 is 11.6 Å². The third-order valence-corrected chi connectivity index (χ3v) is 3.34. The number of rotatable bonds is 5. The lowest BCUT2D eigenvalue weighted by molar-refractivity contribution is 0.174. The summed E-state index contributed by atoms with van der Waals surface area (Å²) in [5.74, 6) is -0.379. The van der Waals surface area contributed by atoms with E-state index < -0.39 is 6.10 Å². The topological polar surface area (TPSA) is 38.0 Å². The maximum absolute atomic E-state index is 13.6. The highest BCUT2D eigenvalue weighted by atomic mass is 35.5. The van der Waals surface area contributed by atoms with Crippen LogP contribution >= 0.6 is 11.6 Å². The van der Waals surface area contributed by atoms with Gasteiger partial charge in [0.25, 0.3) is 0 Å². The molecule has 0 radical (unpaired) electrons. The molecular weight excluding hydrogens is 267 g/mol. The lowest BCUT2D eigenvalue weighted by Crippen LogP contribution is -2.15. The molecule has 3 nitrogen and oxygen atoms in total. The molecular formula is C14H16ClFN2O. The summed E-state index contributed by atoms with van der Waals surface area (Å²) < 4.78 is 15.4. The second-order valence-electron chi connectivity index (χ2n) is 4.47. The molecule has 1 aromatic carbocycles. The first kappa shape index (κ1) is 14.0. The molecule has 0 amide bonds. The molecule has 1 unspecified atom stereocenters. The molecule has 0 saturated heterocycles. The summed E-state index contributed by atoms with van der Waals surface area (Å²) in [7, 11) is 0. The van der Waals surface area contributed by atoms with E-state index in [1.54, 1.807) is 23.0 Å². The Balaban J connectivity index is 2.03. The minimum absolute atomic E-state index is 0.197. The molecule has 0 aliphatic rings. The van der Waals surface area contributed by atoms with Gasteiger partial charge in [0.1, 0.15) is 5.82 Å². The van der Waals surface area contributed by atoms with Gasteiger partial charge in [0.2, 0.25) is 0 Å². The highest BCUT2D eigenvalue weighted by Gasteiger charge is 2.14. The van der Waals surface area contributed by atoms with Gasteiger partial charge in [0.15, 0.2) is 0 Å². The predicted molar refractivity (Wildman–Crippen MR) is 72.7 cm³/mol. The van der Waals surface area contributed by atoms with Crippen LogP contribution in [0.15, 0.2) is 30.6 Å². The largest absolute Gasteiger partial charge is 0.392 e. The Kier molecular flexibility index (Phi) is 4.56. The van der Waals surface area contributed by atoms with Crippen molar-refractivity contribution in [3.05, 3.63) is 52.6 Å². The van der Waals surface area contributed by atoms with E-state index in [1.807, 2.05) is 13.1 Å². The zero-order valence-electron chi connectivity index (χ0n) is 10.7. The first-order chi connectivity index (χ1) is 9.10. The quantitative estimate of drug-likeness (QED) is 0.916. The van der Waals surface area contributed by atoms with Gasteiger partial charge in [-0.15, -0.1) is 0 Å². The van der Waals surface area contributed by atoms with Crippen molar-refractivity contribution in [3.63, 3.8) is 0 Å². The summed E-state index contributed by atoms with van der Waals surface area (Å²) >= 11 is 5.94. The molecule has 5 heteroatoms. The minimum Gasteiger partial charge on any atom is -0.392 e. The van der Waals surface area contributed by atoms with Crippen molar-refractivity contribution in [1.29, 1.82) is 0 Å². The van der Waals surface area contributed by atoms with E-state index in [0.29, 0.717) is 17.0 Å². The third-order valence-electron chi connectivity index (χ3n) is 2.98. The van der Waals surface area contributed by atoms with E-state index in [2.05, 4.69) is 5.10 Å². The highest BCUT2D eigenvalue weighted by molar-refractivity contribution is 6.31. The predicted octanol–water partition coefficient (Wildman–Crippen LogP) is 2.84. The van der Waals surface area contributed by atoms with Gasteiger partial charge in [-0.2, -0.15) is 5.10 Å². The number of aliphatic hydroxyl groups excluding tert-OH is 1. The normalized spacial score (nSPS) is 12.6. The third kappa shape index (κ3) is 3.55. The number of nitrogens with zero attached hydrogens (tertiary/aromatic N) is 2. The van der Waals surface area contributed by atoms with Crippen LogP contribution in [0.4, 0.5) is 4.39 Å². The Bertz CT molecular complexity index is 536. The fourth-order valence-electron chi connectivity index (χ4n) is 1.99. The van der Waals surface area contributed by atoms with Crippen LogP contribution in [-0.4, -0.2) is 21.0 Å². The van der Waals surface area contributed by atoms with Crippen molar-refractivity contribution in [3.8, 4) is 0 Å². The molecule has 0 bridgehead atoms. The highest BCUT2D eigenvalue weighted by Crippen LogP contribution is 2.21. The van der Waals surface area contributed by atoms with Gasteiger partial charge in [-0.3, -0.25) is 4.68 Å². The van der Waals surface area contributed by atoms with Crippen molar-refractivity contribution in [2.75, 3.05) is 0 Å². The van der Waals surface area contributed by atoms with Crippen LogP contribution in [0.2, 0.25) is 5.02 Å².